The number of anilines is 1. The third kappa shape index (κ3) is 3.93. The molecule has 1 rings (SSSR count). The number of benzene rings is 1. The predicted molar refractivity (Wildman–Crippen MR) is 72.6 cm³/mol. The molecule has 0 aliphatic heterocycles. The molecule has 1 N–H and O–H groups in total. The Hall–Kier alpha value is -1.60. The summed E-state index contributed by atoms with van der Waals surface area (Å²) in [4.78, 5) is 13.0. The summed E-state index contributed by atoms with van der Waals surface area (Å²) in [5.41, 5.74) is 0.542. The van der Waals surface area contributed by atoms with E-state index < -0.39 is 10.0 Å². The van der Waals surface area contributed by atoms with Gasteiger partial charge in [0.2, 0.25) is 10.0 Å². The lowest BCUT2D eigenvalue weighted by atomic mass is 10.3. The number of nitrogens with one attached hydrogen (secondary N) is 1. The first-order valence-corrected chi connectivity index (χ1v) is 7.21. The number of carbonyl (C=O) groups excluding carboxylic acids is 1. The third-order valence-electron chi connectivity index (χ3n) is 2.71. The summed E-state index contributed by atoms with van der Waals surface area (Å²) in [7, 11) is 0.886. The smallest absolute Gasteiger partial charge is 0.307 e. The number of esters is 1. The second kappa shape index (κ2) is 6.53. The van der Waals surface area contributed by atoms with Gasteiger partial charge in [-0.1, -0.05) is 12.1 Å². The molecule has 1 aromatic rings. The fourth-order valence-corrected chi connectivity index (χ4v) is 2.57. The van der Waals surface area contributed by atoms with Crippen molar-refractivity contribution < 1.29 is 17.9 Å². The van der Waals surface area contributed by atoms with E-state index in [-0.39, 0.29) is 17.3 Å². The first-order valence-electron chi connectivity index (χ1n) is 5.73. The number of para-hydroxylation sites is 1. The van der Waals surface area contributed by atoms with Crippen LogP contribution in [0.2, 0.25) is 0 Å². The molecular formula is C12H18N2O4S. The maximum Gasteiger partial charge on any atom is 0.307 e. The van der Waals surface area contributed by atoms with E-state index in [1.54, 1.807) is 30.1 Å². The Morgan fingerprint density at radius 1 is 1.37 bits per heavy atom. The third-order valence-corrected chi connectivity index (χ3v) is 4.18. The summed E-state index contributed by atoms with van der Waals surface area (Å²) >= 11 is 0. The molecule has 0 saturated carbocycles. The number of methoxy groups -OCH3 is 1. The molecule has 0 bridgehead atoms. The number of carbonyl (C=O) groups is 1. The van der Waals surface area contributed by atoms with Gasteiger partial charge in [0.1, 0.15) is 4.90 Å². The zero-order valence-corrected chi connectivity index (χ0v) is 12.0. The highest BCUT2D eigenvalue weighted by Gasteiger charge is 2.18. The predicted octanol–water partition coefficient (Wildman–Crippen LogP) is 0.594. The van der Waals surface area contributed by atoms with Gasteiger partial charge in [0.25, 0.3) is 0 Å². The van der Waals surface area contributed by atoms with E-state index in [4.69, 9.17) is 0 Å². The van der Waals surface area contributed by atoms with Crippen LogP contribution in [0.4, 0.5) is 5.69 Å². The van der Waals surface area contributed by atoms with Crippen LogP contribution >= 0.6 is 0 Å². The van der Waals surface area contributed by atoms with Crippen LogP contribution in [0.1, 0.15) is 6.42 Å². The van der Waals surface area contributed by atoms with Gasteiger partial charge in [0, 0.05) is 13.6 Å². The van der Waals surface area contributed by atoms with E-state index in [1.165, 1.54) is 20.2 Å². The minimum atomic E-state index is -3.53. The molecule has 0 atom stereocenters. The first kappa shape index (κ1) is 15.5. The summed E-state index contributed by atoms with van der Waals surface area (Å²) in [6.07, 6.45) is 0.195. The van der Waals surface area contributed by atoms with Crippen LogP contribution in [-0.2, 0) is 19.6 Å². The SMILES string of the molecule is CNS(=O)(=O)c1ccccc1N(C)CCC(=O)OC. The second-order valence-corrected chi connectivity index (χ2v) is 5.78. The van der Waals surface area contributed by atoms with Crippen LogP contribution in [0, 0.1) is 0 Å². The molecule has 0 radical (unpaired) electrons. The topological polar surface area (TPSA) is 75.7 Å². The summed E-state index contributed by atoms with van der Waals surface area (Å²) in [6.45, 7) is 0.378. The summed E-state index contributed by atoms with van der Waals surface area (Å²) in [5.74, 6) is -0.333. The van der Waals surface area contributed by atoms with E-state index in [0.717, 1.165) is 0 Å². The minimum Gasteiger partial charge on any atom is -0.469 e. The number of hydrogen-bond donors (Lipinski definition) is 1. The van der Waals surface area contributed by atoms with Crippen LogP contribution in [-0.4, -0.2) is 42.1 Å². The van der Waals surface area contributed by atoms with Crippen molar-refractivity contribution >= 4 is 21.7 Å². The maximum atomic E-state index is 11.9. The van der Waals surface area contributed by atoms with Crippen LogP contribution < -0.4 is 9.62 Å². The fourth-order valence-electron chi connectivity index (χ4n) is 1.59. The number of hydrogen-bond acceptors (Lipinski definition) is 5. The molecule has 1 aromatic carbocycles. The molecule has 0 aliphatic carbocycles. The zero-order valence-electron chi connectivity index (χ0n) is 11.2. The van der Waals surface area contributed by atoms with E-state index in [0.29, 0.717) is 12.2 Å². The minimum absolute atomic E-state index is 0.185. The van der Waals surface area contributed by atoms with Gasteiger partial charge in [-0.2, -0.15) is 0 Å². The number of nitrogens with zero attached hydrogens (tertiary/aromatic N) is 1. The molecule has 0 spiro atoms. The Morgan fingerprint density at radius 2 is 2.00 bits per heavy atom. The second-order valence-electron chi connectivity index (χ2n) is 3.92. The van der Waals surface area contributed by atoms with E-state index in [9.17, 15) is 13.2 Å². The van der Waals surface area contributed by atoms with Crippen molar-refractivity contribution in [2.24, 2.45) is 0 Å². The molecule has 6 nitrogen and oxygen atoms in total. The van der Waals surface area contributed by atoms with Crippen LogP contribution in [0.25, 0.3) is 0 Å². The van der Waals surface area contributed by atoms with Gasteiger partial charge in [0.05, 0.1) is 19.2 Å². The van der Waals surface area contributed by atoms with Crippen molar-refractivity contribution in [3.63, 3.8) is 0 Å². The zero-order chi connectivity index (χ0) is 14.5. The molecule has 19 heavy (non-hydrogen) atoms. The van der Waals surface area contributed by atoms with Gasteiger partial charge in [0.15, 0.2) is 0 Å². The van der Waals surface area contributed by atoms with Gasteiger partial charge >= 0.3 is 5.97 Å². The molecule has 106 valence electrons. The largest absolute Gasteiger partial charge is 0.469 e. The van der Waals surface area contributed by atoms with Crippen LogP contribution in [0.3, 0.4) is 0 Å². The lowest BCUT2D eigenvalue weighted by Crippen LogP contribution is -2.26. The molecule has 0 aliphatic rings. The Labute approximate surface area is 113 Å². The molecule has 0 aromatic heterocycles. The van der Waals surface area contributed by atoms with Crippen molar-refractivity contribution in [1.29, 1.82) is 0 Å². The molecule has 0 fully saturated rings. The monoisotopic (exact) mass is 286 g/mol. The number of rotatable bonds is 6. The van der Waals surface area contributed by atoms with Crippen molar-refractivity contribution in [2.45, 2.75) is 11.3 Å². The maximum absolute atomic E-state index is 11.9. The summed E-state index contributed by atoms with van der Waals surface area (Å²) in [5, 5.41) is 0. The average Bonchev–Trinajstić information content (AvgIpc) is 2.44. The highest BCUT2D eigenvalue weighted by molar-refractivity contribution is 7.89. The molecule has 0 unspecified atom stereocenters. The van der Waals surface area contributed by atoms with Gasteiger partial charge in [-0.05, 0) is 19.2 Å². The van der Waals surface area contributed by atoms with Crippen LogP contribution in [0.15, 0.2) is 29.2 Å². The Kier molecular flexibility index (Phi) is 5.31. The molecule has 0 heterocycles. The first-order chi connectivity index (χ1) is 8.92. The van der Waals surface area contributed by atoms with Crippen molar-refractivity contribution in [3.05, 3.63) is 24.3 Å². The van der Waals surface area contributed by atoms with Crippen molar-refractivity contribution in [1.82, 2.24) is 4.72 Å². The van der Waals surface area contributed by atoms with Crippen LogP contribution in [0.5, 0.6) is 0 Å². The fraction of sp³-hybridized carbons (Fsp3) is 0.417. The Morgan fingerprint density at radius 3 is 2.58 bits per heavy atom. The highest BCUT2D eigenvalue weighted by Crippen LogP contribution is 2.23. The van der Waals surface area contributed by atoms with Gasteiger partial charge in [-0.3, -0.25) is 4.79 Å². The Balaban J connectivity index is 2.98. The molecule has 7 heteroatoms. The van der Waals surface area contributed by atoms with Crippen molar-refractivity contribution in [2.75, 3.05) is 32.6 Å². The number of ether oxygens (including phenoxy) is 1. The van der Waals surface area contributed by atoms with E-state index in [1.807, 2.05) is 0 Å². The highest BCUT2D eigenvalue weighted by atomic mass is 32.2. The molecular weight excluding hydrogens is 268 g/mol. The van der Waals surface area contributed by atoms with Crippen molar-refractivity contribution in [3.8, 4) is 0 Å². The molecule has 0 amide bonds. The van der Waals surface area contributed by atoms with Gasteiger partial charge in [-0.25, -0.2) is 13.1 Å². The van der Waals surface area contributed by atoms with E-state index in [2.05, 4.69) is 9.46 Å². The standard InChI is InChI=1S/C12H18N2O4S/c1-13-19(16,17)11-7-5-4-6-10(11)14(2)9-8-12(15)18-3/h4-7,13H,8-9H2,1-3H3. The van der Waals surface area contributed by atoms with Gasteiger partial charge in [-0.15, -0.1) is 0 Å². The molecule has 0 saturated heterocycles. The Bertz CT molecular complexity index is 542. The van der Waals surface area contributed by atoms with E-state index >= 15 is 0 Å². The lowest BCUT2D eigenvalue weighted by Gasteiger charge is -2.21. The van der Waals surface area contributed by atoms with Gasteiger partial charge < -0.3 is 9.64 Å². The average molecular weight is 286 g/mol. The summed E-state index contributed by atoms with van der Waals surface area (Å²) < 4.78 is 30.6. The number of sulfonamides is 1. The lowest BCUT2D eigenvalue weighted by molar-refractivity contribution is -0.140. The quantitative estimate of drug-likeness (QED) is 0.775. The summed E-state index contributed by atoms with van der Waals surface area (Å²) in [6, 6.07) is 6.62. The normalized spacial score (nSPS) is 11.1.